The predicted molar refractivity (Wildman–Crippen MR) is 89.4 cm³/mol. The van der Waals surface area contributed by atoms with E-state index in [1.807, 2.05) is 30.3 Å². The highest BCUT2D eigenvalue weighted by Crippen LogP contribution is 2.25. The molecule has 22 heavy (non-hydrogen) atoms. The minimum Gasteiger partial charge on any atom is -0.395 e. The van der Waals surface area contributed by atoms with Gasteiger partial charge in [-0.2, -0.15) is 0 Å². The number of aliphatic hydroxyl groups is 1. The van der Waals surface area contributed by atoms with Crippen LogP contribution in [0.5, 0.6) is 0 Å². The highest BCUT2D eigenvalue weighted by atomic mass is 35.5. The second kappa shape index (κ2) is 8.03. The number of aliphatic hydroxyl groups excluding tert-OH is 1. The minimum absolute atomic E-state index is 0.121. The van der Waals surface area contributed by atoms with E-state index in [1.165, 1.54) is 4.90 Å². The van der Waals surface area contributed by atoms with Gasteiger partial charge in [-0.25, -0.2) is 4.79 Å². The number of urea groups is 1. The molecule has 0 aromatic heterocycles. The van der Waals surface area contributed by atoms with Gasteiger partial charge < -0.3 is 15.3 Å². The Balaban J connectivity index is 2.11. The third-order valence-corrected chi connectivity index (χ3v) is 3.61. The summed E-state index contributed by atoms with van der Waals surface area (Å²) < 4.78 is 0. The zero-order valence-electron chi connectivity index (χ0n) is 11.8. The van der Waals surface area contributed by atoms with Crippen molar-refractivity contribution in [2.24, 2.45) is 0 Å². The molecule has 2 N–H and O–H groups in total. The van der Waals surface area contributed by atoms with E-state index in [2.05, 4.69) is 5.32 Å². The van der Waals surface area contributed by atoms with E-state index in [0.717, 1.165) is 5.56 Å². The minimum atomic E-state index is -0.345. The molecule has 2 aromatic carbocycles. The van der Waals surface area contributed by atoms with Gasteiger partial charge in [0.15, 0.2) is 0 Å². The molecule has 116 valence electrons. The molecule has 0 spiro atoms. The van der Waals surface area contributed by atoms with Gasteiger partial charge in [-0.05, 0) is 23.8 Å². The number of halogens is 2. The second-order valence-corrected chi connectivity index (χ2v) is 5.53. The smallest absolute Gasteiger partial charge is 0.322 e. The topological polar surface area (TPSA) is 52.6 Å². The molecule has 0 fully saturated rings. The molecule has 0 unspecified atom stereocenters. The molecule has 0 aliphatic rings. The first-order valence-corrected chi connectivity index (χ1v) is 7.51. The summed E-state index contributed by atoms with van der Waals surface area (Å²) >= 11 is 11.9. The molecule has 2 aromatic rings. The lowest BCUT2D eigenvalue weighted by Crippen LogP contribution is -2.36. The van der Waals surface area contributed by atoms with Crippen molar-refractivity contribution in [3.63, 3.8) is 0 Å². The molecule has 2 amide bonds. The normalized spacial score (nSPS) is 10.3. The number of nitrogens with one attached hydrogen (secondary N) is 1. The standard InChI is InChI=1S/C16H16Cl2N2O2/c17-13-6-7-14(18)15(10-13)19-16(22)20(8-9-21)11-12-4-2-1-3-5-12/h1-7,10,21H,8-9,11H2,(H,19,22). The number of amides is 2. The molecule has 2 rings (SSSR count). The lowest BCUT2D eigenvalue weighted by molar-refractivity contribution is 0.185. The average molecular weight is 339 g/mol. The Bertz CT molecular complexity index is 635. The largest absolute Gasteiger partial charge is 0.395 e. The molecular formula is C16H16Cl2N2O2. The van der Waals surface area contributed by atoms with E-state index in [0.29, 0.717) is 22.3 Å². The quantitative estimate of drug-likeness (QED) is 0.864. The first kappa shape index (κ1) is 16.6. The van der Waals surface area contributed by atoms with E-state index in [1.54, 1.807) is 18.2 Å². The predicted octanol–water partition coefficient (Wildman–Crippen LogP) is 4.02. The van der Waals surface area contributed by atoms with Crippen molar-refractivity contribution in [2.75, 3.05) is 18.5 Å². The van der Waals surface area contributed by atoms with E-state index >= 15 is 0 Å². The SMILES string of the molecule is O=C(Nc1cc(Cl)ccc1Cl)N(CCO)Cc1ccccc1. The average Bonchev–Trinajstić information content (AvgIpc) is 2.51. The van der Waals surface area contributed by atoms with Gasteiger partial charge in [-0.15, -0.1) is 0 Å². The van der Waals surface area contributed by atoms with Crippen LogP contribution in [0.4, 0.5) is 10.5 Å². The lowest BCUT2D eigenvalue weighted by Gasteiger charge is -2.22. The Morgan fingerprint density at radius 2 is 1.86 bits per heavy atom. The maximum absolute atomic E-state index is 12.4. The van der Waals surface area contributed by atoms with Crippen LogP contribution < -0.4 is 5.32 Å². The number of rotatable bonds is 5. The van der Waals surface area contributed by atoms with E-state index in [9.17, 15) is 4.79 Å². The summed E-state index contributed by atoms with van der Waals surface area (Å²) in [4.78, 5) is 13.9. The van der Waals surface area contributed by atoms with Crippen LogP contribution in [0.15, 0.2) is 48.5 Å². The molecule has 0 saturated carbocycles. The van der Waals surface area contributed by atoms with Gasteiger partial charge >= 0.3 is 6.03 Å². The zero-order valence-corrected chi connectivity index (χ0v) is 13.3. The van der Waals surface area contributed by atoms with Gasteiger partial charge in [-0.3, -0.25) is 0 Å². The van der Waals surface area contributed by atoms with Crippen molar-refractivity contribution in [3.8, 4) is 0 Å². The van der Waals surface area contributed by atoms with Gasteiger partial charge in [0.25, 0.3) is 0 Å². The molecule has 0 bridgehead atoms. The fourth-order valence-corrected chi connectivity index (χ4v) is 2.30. The van der Waals surface area contributed by atoms with E-state index < -0.39 is 0 Å². The molecule has 0 aliphatic heterocycles. The Kier molecular flexibility index (Phi) is 6.07. The summed E-state index contributed by atoms with van der Waals surface area (Å²) in [6.45, 7) is 0.494. The number of hydrogen-bond acceptors (Lipinski definition) is 2. The summed E-state index contributed by atoms with van der Waals surface area (Å²) in [5.41, 5.74) is 1.42. The van der Waals surface area contributed by atoms with Crippen LogP contribution in [0.2, 0.25) is 10.0 Å². The summed E-state index contributed by atoms with van der Waals surface area (Å²) in [5, 5.41) is 12.8. The molecule has 4 nitrogen and oxygen atoms in total. The monoisotopic (exact) mass is 338 g/mol. The van der Waals surface area contributed by atoms with Gasteiger partial charge in [0.1, 0.15) is 0 Å². The number of carbonyl (C=O) groups excluding carboxylic acids is 1. The molecule has 0 aliphatic carbocycles. The van der Waals surface area contributed by atoms with Gasteiger partial charge in [0.2, 0.25) is 0 Å². The van der Waals surface area contributed by atoms with Crippen LogP contribution in [0.25, 0.3) is 0 Å². The third-order valence-electron chi connectivity index (χ3n) is 3.04. The number of benzene rings is 2. The highest BCUT2D eigenvalue weighted by molar-refractivity contribution is 6.35. The van der Waals surface area contributed by atoms with Crippen LogP contribution in [0.3, 0.4) is 0 Å². The van der Waals surface area contributed by atoms with Crippen LogP contribution >= 0.6 is 23.2 Å². The van der Waals surface area contributed by atoms with E-state index in [4.69, 9.17) is 28.3 Å². The second-order valence-electron chi connectivity index (χ2n) is 4.69. The van der Waals surface area contributed by atoms with Gasteiger partial charge in [0, 0.05) is 18.1 Å². The fourth-order valence-electron chi connectivity index (χ4n) is 1.96. The first-order chi connectivity index (χ1) is 10.6. The van der Waals surface area contributed by atoms with Crippen LogP contribution in [-0.2, 0) is 6.54 Å². The van der Waals surface area contributed by atoms with Crippen molar-refractivity contribution >= 4 is 34.9 Å². The molecular weight excluding hydrogens is 323 g/mol. The van der Waals surface area contributed by atoms with Crippen molar-refractivity contribution in [1.82, 2.24) is 4.90 Å². The number of carbonyl (C=O) groups is 1. The van der Waals surface area contributed by atoms with Crippen molar-refractivity contribution < 1.29 is 9.90 Å². The molecule has 0 heterocycles. The highest BCUT2D eigenvalue weighted by Gasteiger charge is 2.15. The van der Waals surface area contributed by atoms with Crippen molar-refractivity contribution in [2.45, 2.75) is 6.54 Å². The number of nitrogens with zero attached hydrogens (tertiary/aromatic N) is 1. The molecule has 0 radical (unpaired) electrons. The molecule has 6 heteroatoms. The fraction of sp³-hybridized carbons (Fsp3) is 0.188. The van der Waals surface area contributed by atoms with Gasteiger partial charge in [0.05, 0.1) is 17.3 Å². The Labute approximate surface area is 139 Å². The Hall–Kier alpha value is -1.75. The van der Waals surface area contributed by atoms with Crippen molar-refractivity contribution in [3.05, 3.63) is 64.1 Å². The van der Waals surface area contributed by atoms with E-state index in [-0.39, 0.29) is 19.2 Å². The summed E-state index contributed by atoms with van der Waals surface area (Å²) in [5.74, 6) is 0. The summed E-state index contributed by atoms with van der Waals surface area (Å²) in [6, 6.07) is 14.1. The van der Waals surface area contributed by atoms with Gasteiger partial charge in [-0.1, -0.05) is 53.5 Å². The maximum atomic E-state index is 12.4. The summed E-state index contributed by atoms with van der Waals surface area (Å²) in [7, 11) is 0. The lowest BCUT2D eigenvalue weighted by atomic mass is 10.2. The molecule has 0 saturated heterocycles. The number of hydrogen-bond donors (Lipinski definition) is 2. The Morgan fingerprint density at radius 1 is 1.14 bits per heavy atom. The van der Waals surface area contributed by atoms with Crippen LogP contribution in [0.1, 0.15) is 5.56 Å². The molecule has 0 atom stereocenters. The van der Waals surface area contributed by atoms with Crippen LogP contribution in [-0.4, -0.2) is 29.2 Å². The van der Waals surface area contributed by atoms with Crippen LogP contribution in [0, 0.1) is 0 Å². The Morgan fingerprint density at radius 3 is 2.55 bits per heavy atom. The maximum Gasteiger partial charge on any atom is 0.322 e. The third kappa shape index (κ3) is 4.63. The van der Waals surface area contributed by atoms with Crippen molar-refractivity contribution in [1.29, 1.82) is 0 Å². The summed E-state index contributed by atoms with van der Waals surface area (Å²) in [6.07, 6.45) is 0. The first-order valence-electron chi connectivity index (χ1n) is 6.76. The zero-order chi connectivity index (χ0) is 15.9. The number of anilines is 1.